The highest BCUT2D eigenvalue weighted by atomic mass is 35.5. The molecule has 0 radical (unpaired) electrons. The number of esters is 1. The van der Waals surface area contributed by atoms with Crippen molar-refractivity contribution in [2.24, 2.45) is 5.92 Å². The number of nitrogens with zero attached hydrogens (tertiary/aromatic N) is 2. The first-order chi connectivity index (χ1) is 16.0. The summed E-state index contributed by atoms with van der Waals surface area (Å²) in [7, 11) is 1.62. The number of likely N-dealkylation sites (tertiary alicyclic amines) is 1. The third-order valence-corrected chi connectivity index (χ3v) is 6.52. The first-order valence-corrected chi connectivity index (χ1v) is 11.7. The normalized spacial score (nSPS) is 21.7. The molecule has 2 fully saturated rings. The van der Waals surface area contributed by atoms with E-state index in [4.69, 9.17) is 25.8 Å². The predicted molar refractivity (Wildman–Crippen MR) is 126 cm³/mol. The number of rotatable bonds is 7. The number of amides is 1. The highest BCUT2D eigenvalue weighted by molar-refractivity contribution is 6.30. The Morgan fingerprint density at radius 1 is 1.15 bits per heavy atom. The second kappa shape index (κ2) is 10.4. The zero-order valence-corrected chi connectivity index (χ0v) is 19.7. The van der Waals surface area contributed by atoms with Gasteiger partial charge in [-0.05, 0) is 74.8 Å². The summed E-state index contributed by atoms with van der Waals surface area (Å²) in [5, 5.41) is 0.602. The maximum Gasteiger partial charge on any atom is 0.415 e. The number of methoxy groups -OCH3 is 1. The van der Waals surface area contributed by atoms with Crippen molar-refractivity contribution in [2.75, 3.05) is 38.3 Å². The zero-order chi connectivity index (χ0) is 23.4. The molecule has 8 heteroatoms. The maximum absolute atomic E-state index is 13.0. The fourth-order valence-electron chi connectivity index (χ4n) is 4.59. The topological polar surface area (TPSA) is 68.3 Å². The number of halogens is 1. The number of anilines is 1. The lowest BCUT2D eigenvalue weighted by molar-refractivity contribution is -0.149. The van der Waals surface area contributed by atoms with Gasteiger partial charge in [0.2, 0.25) is 0 Å². The monoisotopic (exact) mass is 472 g/mol. The summed E-state index contributed by atoms with van der Waals surface area (Å²) in [5.41, 5.74) is 1.65. The second-order valence-corrected chi connectivity index (χ2v) is 8.75. The van der Waals surface area contributed by atoms with Gasteiger partial charge in [-0.3, -0.25) is 14.6 Å². The molecule has 2 aliphatic heterocycles. The van der Waals surface area contributed by atoms with Gasteiger partial charge in [-0.15, -0.1) is 0 Å². The van der Waals surface area contributed by atoms with Crippen LogP contribution >= 0.6 is 11.6 Å². The average molecular weight is 473 g/mol. The molecule has 2 aliphatic rings. The lowest BCUT2D eigenvalue weighted by Crippen LogP contribution is -2.42. The van der Waals surface area contributed by atoms with Crippen LogP contribution < -0.4 is 9.64 Å². The van der Waals surface area contributed by atoms with E-state index in [2.05, 4.69) is 4.90 Å². The number of ether oxygens (including phenoxy) is 3. The van der Waals surface area contributed by atoms with Crippen molar-refractivity contribution in [3.8, 4) is 5.75 Å². The average Bonchev–Trinajstić information content (AvgIpc) is 3.15. The van der Waals surface area contributed by atoms with Gasteiger partial charge in [0.25, 0.3) is 0 Å². The van der Waals surface area contributed by atoms with Gasteiger partial charge in [-0.2, -0.15) is 0 Å². The maximum atomic E-state index is 13.0. The van der Waals surface area contributed by atoms with Crippen LogP contribution in [0.3, 0.4) is 0 Å². The molecule has 0 unspecified atom stereocenters. The van der Waals surface area contributed by atoms with E-state index in [9.17, 15) is 9.59 Å². The fourth-order valence-corrected chi connectivity index (χ4v) is 4.72. The van der Waals surface area contributed by atoms with Crippen LogP contribution in [0.25, 0.3) is 0 Å². The SMILES string of the molecule is CCOC(=O)C1CCN(C[C@@H]2OC(=O)N(c3ccc(Cl)cc3)[C@H]2c2cccc(OC)c2)CC1. The summed E-state index contributed by atoms with van der Waals surface area (Å²) in [6.45, 7) is 4.31. The Morgan fingerprint density at radius 3 is 2.55 bits per heavy atom. The molecule has 0 saturated carbocycles. The fraction of sp³-hybridized carbons (Fsp3) is 0.440. The third kappa shape index (κ3) is 5.25. The molecule has 2 saturated heterocycles. The van der Waals surface area contributed by atoms with E-state index in [-0.39, 0.29) is 24.0 Å². The number of carbonyl (C=O) groups excluding carboxylic acids is 2. The minimum atomic E-state index is -0.392. The molecule has 2 aromatic rings. The Hall–Kier alpha value is -2.77. The Kier molecular flexibility index (Phi) is 7.40. The van der Waals surface area contributed by atoms with Crippen LogP contribution in [0, 0.1) is 5.92 Å². The van der Waals surface area contributed by atoms with Crippen molar-refractivity contribution in [1.29, 1.82) is 0 Å². The number of carbonyl (C=O) groups is 2. The molecule has 4 rings (SSSR count). The van der Waals surface area contributed by atoms with Gasteiger partial charge in [-0.1, -0.05) is 23.7 Å². The Labute approximate surface area is 199 Å². The van der Waals surface area contributed by atoms with Crippen molar-refractivity contribution in [2.45, 2.75) is 31.9 Å². The van der Waals surface area contributed by atoms with Gasteiger partial charge >= 0.3 is 12.1 Å². The van der Waals surface area contributed by atoms with Gasteiger partial charge in [0.1, 0.15) is 17.9 Å². The van der Waals surface area contributed by atoms with Crippen LogP contribution in [-0.4, -0.2) is 56.4 Å². The Bertz CT molecular complexity index is 975. The molecule has 0 aliphatic carbocycles. The minimum absolute atomic E-state index is 0.0629. The Morgan fingerprint density at radius 2 is 1.88 bits per heavy atom. The lowest BCUT2D eigenvalue weighted by Gasteiger charge is -2.33. The molecule has 33 heavy (non-hydrogen) atoms. The predicted octanol–water partition coefficient (Wildman–Crippen LogP) is 4.69. The highest BCUT2D eigenvalue weighted by Gasteiger charge is 2.44. The van der Waals surface area contributed by atoms with Crippen LogP contribution in [0.15, 0.2) is 48.5 Å². The van der Waals surface area contributed by atoms with Crippen molar-refractivity contribution >= 4 is 29.4 Å². The molecule has 1 amide bonds. The summed E-state index contributed by atoms with van der Waals surface area (Å²) in [6, 6.07) is 14.6. The molecule has 0 N–H and O–H groups in total. The molecule has 7 nitrogen and oxygen atoms in total. The first kappa shape index (κ1) is 23.4. The van der Waals surface area contributed by atoms with E-state index < -0.39 is 6.09 Å². The van der Waals surface area contributed by atoms with Crippen LogP contribution in [0.1, 0.15) is 31.4 Å². The van der Waals surface area contributed by atoms with Crippen molar-refractivity contribution in [3.05, 3.63) is 59.1 Å². The van der Waals surface area contributed by atoms with Crippen molar-refractivity contribution < 1.29 is 23.8 Å². The number of piperidine rings is 1. The van der Waals surface area contributed by atoms with E-state index in [1.54, 1.807) is 24.1 Å². The minimum Gasteiger partial charge on any atom is -0.497 e. The number of hydrogen-bond acceptors (Lipinski definition) is 6. The molecule has 0 aromatic heterocycles. The van der Waals surface area contributed by atoms with Crippen LogP contribution in [-0.2, 0) is 14.3 Å². The van der Waals surface area contributed by atoms with Gasteiger partial charge < -0.3 is 14.2 Å². The highest BCUT2D eigenvalue weighted by Crippen LogP contribution is 2.39. The summed E-state index contributed by atoms with van der Waals surface area (Å²) in [4.78, 5) is 29.0. The van der Waals surface area contributed by atoms with E-state index in [0.717, 1.165) is 42.9 Å². The van der Waals surface area contributed by atoms with Gasteiger partial charge in [0.15, 0.2) is 0 Å². The molecule has 0 spiro atoms. The summed E-state index contributed by atoms with van der Waals surface area (Å²) < 4.78 is 16.5. The smallest absolute Gasteiger partial charge is 0.415 e. The van der Waals surface area contributed by atoms with Gasteiger partial charge in [-0.25, -0.2) is 4.79 Å². The number of cyclic esters (lactones) is 1. The zero-order valence-electron chi connectivity index (χ0n) is 18.9. The van der Waals surface area contributed by atoms with E-state index in [1.807, 2.05) is 43.3 Å². The molecular weight excluding hydrogens is 444 g/mol. The van der Waals surface area contributed by atoms with E-state index in [1.165, 1.54) is 0 Å². The van der Waals surface area contributed by atoms with E-state index >= 15 is 0 Å². The standard InChI is InChI=1S/C25H29ClN2O5/c1-3-32-24(29)17-11-13-27(14-12-17)16-22-23(18-5-4-6-21(15-18)31-2)28(25(30)33-22)20-9-7-19(26)8-10-20/h4-10,15,17,22-23H,3,11-14,16H2,1-2H3/t22-,23-/m0/s1. The molecular formula is C25H29ClN2O5. The molecule has 176 valence electrons. The van der Waals surface area contributed by atoms with Crippen LogP contribution in [0.4, 0.5) is 10.5 Å². The largest absolute Gasteiger partial charge is 0.497 e. The van der Waals surface area contributed by atoms with Gasteiger partial charge in [0.05, 0.1) is 19.6 Å². The van der Waals surface area contributed by atoms with Crippen LogP contribution in [0.5, 0.6) is 5.75 Å². The van der Waals surface area contributed by atoms with Crippen LogP contribution in [0.2, 0.25) is 5.02 Å². The quantitative estimate of drug-likeness (QED) is 0.544. The van der Waals surface area contributed by atoms with Gasteiger partial charge in [0, 0.05) is 17.3 Å². The second-order valence-electron chi connectivity index (χ2n) is 8.32. The molecule has 2 heterocycles. The molecule has 2 aromatic carbocycles. The number of benzene rings is 2. The van der Waals surface area contributed by atoms with E-state index in [0.29, 0.717) is 18.2 Å². The summed E-state index contributed by atoms with van der Waals surface area (Å²) >= 11 is 6.07. The third-order valence-electron chi connectivity index (χ3n) is 6.26. The first-order valence-electron chi connectivity index (χ1n) is 11.3. The lowest BCUT2D eigenvalue weighted by atomic mass is 9.95. The molecule has 2 atom stereocenters. The molecule has 0 bridgehead atoms. The summed E-state index contributed by atoms with van der Waals surface area (Å²) in [6.07, 6.45) is 0.713. The van der Waals surface area contributed by atoms with Crippen molar-refractivity contribution in [3.63, 3.8) is 0 Å². The number of hydrogen-bond donors (Lipinski definition) is 0. The Balaban J connectivity index is 1.55. The van der Waals surface area contributed by atoms with Crippen molar-refractivity contribution in [1.82, 2.24) is 4.90 Å². The summed E-state index contributed by atoms with van der Waals surface area (Å²) in [5.74, 6) is 0.539.